The molecule has 0 N–H and O–H groups in total. The zero-order valence-corrected chi connectivity index (χ0v) is 10.2. The summed E-state index contributed by atoms with van der Waals surface area (Å²) in [5.41, 5.74) is 0.601. The van der Waals surface area contributed by atoms with E-state index in [4.69, 9.17) is 0 Å². The van der Waals surface area contributed by atoms with Gasteiger partial charge in [-0.05, 0) is 33.8 Å². The monoisotopic (exact) mass is 225 g/mol. The van der Waals surface area contributed by atoms with Crippen molar-refractivity contribution in [2.45, 2.75) is 32.4 Å². The van der Waals surface area contributed by atoms with Crippen molar-refractivity contribution < 1.29 is 4.55 Å². The number of hydrogen-bond acceptors (Lipinski definition) is 4. The molecule has 0 fully saturated rings. The predicted octanol–water partition coefficient (Wildman–Crippen LogP) is 1.75. The average molecular weight is 225 g/mol. The van der Waals surface area contributed by atoms with Crippen molar-refractivity contribution in [3.63, 3.8) is 0 Å². The van der Waals surface area contributed by atoms with Gasteiger partial charge in [-0.25, -0.2) is 9.97 Å². The maximum Gasteiger partial charge on any atom is 0.178 e. The van der Waals surface area contributed by atoms with Crippen LogP contribution in [0.5, 0.6) is 0 Å². The Morgan fingerprint density at radius 3 is 2.33 bits per heavy atom. The normalized spacial score (nSPS) is 15.1. The van der Waals surface area contributed by atoms with Gasteiger partial charge in [0.1, 0.15) is 21.8 Å². The second-order valence-corrected chi connectivity index (χ2v) is 6.02. The molecule has 1 atom stereocenters. The fourth-order valence-corrected chi connectivity index (χ4v) is 1.39. The lowest BCUT2D eigenvalue weighted by Gasteiger charge is -2.18. The van der Waals surface area contributed by atoms with Gasteiger partial charge < -0.3 is 4.55 Å². The largest absolute Gasteiger partial charge is 0.591 e. The molecule has 0 aliphatic heterocycles. The predicted molar refractivity (Wildman–Crippen MR) is 62.1 cm³/mol. The fourth-order valence-electron chi connectivity index (χ4n) is 0.788. The van der Waals surface area contributed by atoms with Gasteiger partial charge in [-0.3, -0.25) is 0 Å². The van der Waals surface area contributed by atoms with E-state index in [1.54, 1.807) is 25.4 Å². The van der Waals surface area contributed by atoms with Crippen LogP contribution in [0.15, 0.2) is 22.9 Å². The van der Waals surface area contributed by atoms with E-state index in [0.29, 0.717) is 11.5 Å². The Hall–Kier alpha value is -0.940. The Morgan fingerprint density at radius 2 is 1.87 bits per heavy atom. The molecule has 0 saturated heterocycles. The quantitative estimate of drug-likeness (QED) is 0.569. The first-order valence-electron chi connectivity index (χ1n) is 4.66. The zero-order valence-electron chi connectivity index (χ0n) is 9.39. The Morgan fingerprint density at radius 1 is 1.33 bits per heavy atom. The summed E-state index contributed by atoms with van der Waals surface area (Å²) in [5, 5.41) is 0. The Kier molecular flexibility index (Phi) is 3.82. The number of aromatic nitrogens is 2. The molecule has 0 bridgehead atoms. The summed E-state index contributed by atoms with van der Waals surface area (Å²) in [7, 11) is 0. The minimum atomic E-state index is -1.26. The molecule has 0 aromatic carbocycles. The standard InChI is InChI=1S/C10H15N3OS/c1-8(9-11-6-5-7-12-9)13-15(14)10(2,3)4/h5-7H,1-4H3/t15-/m1/s1. The van der Waals surface area contributed by atoms with E-state index in [2.05, 4.69) is 14.4 Å². The van der Waals surface area contributed by atoms with E-state index in [-0.39, 0.29) is 4.75 Å². The smallest absolute Gasteiger partial charge is 0.178 e. The molecule has 0 unspecified atom stereocenters. The number of nitrogens with zero attached hydrogens (tertiary/aromatic N) is 3. The first kappa shape index (κ1) is 12.1. The summed E-state index contributed by atoms with van der Waals surface area (Å²) in [5.74, 6) is 0.523. The molecule has 0 amide bonds. The van der Waals surface area contributed by atoms with Gasteiger partial charge in [0.25, 0.3) is 0 Å². The molecule has 15 heavy (non-hydrogen) atoms. The lowest BCUT2D eigenvalue weighted by molar-refractivity contribution is 0.561. The SMILES string of the molecule is CC(=N[S@+]([O-])C(C)(C)C)c1ncccn1. The van der Waals surface area contributed by atoms with Crippen LogP contribution in [0, 0.1) is 0 Å². The molecule has 0 aliphatic carbocycles. The molecular formula is C10H15N3OS. The maximum absolute atomic E-state index is 11.7. The van der Waals surface area contributed by atoms with E-state index in [1.807, 2.05) is 20.8 Å². The van der Waals surface area contributed by atoms with E-state index in [0.717, 1.165) is 0 Å². The highest BCUT2D eigenvalue weighted by molar-refractivity contribution is 7.91. The van der Waals surface area contributed by atoms with Crippen LogP contribution in [-0.2, 0) is 11.4 Å². The highest BCUT2D eigenvalue weighted by Gasteiger charge is 2.27. The maximum atomic E-state index is 11.7. The van der Waals surface area contributed by atoms with E-state index in [1.165, 1.54) is 0 Å². The molecule has 1 aromatic heterocycles. The third kappa shape index (κ3) is 3.60. The average Bonchev–Trinajstić information content (AvgIpc) is 2.17. The second-order valence-electron chi connectivity index (χ2n) is 4.11. The van der Waals surface area contributed by atoms with Crippen LogP contribution in [0.1, 0.15) is 33.5 Å². The fraction of sp³-hybridized carbons (Fsp3) is 0.500. The first-order valence-corrected chi connectivity index (χ1v) is 5.76. The molecular weight excluding hydrogens is 210 g/mol. The van der Waals surface area contributed by atoms with E-state index < -0.39 is 11.4 Å². The Labute approximate surface area is 93.2 Å². The van der Waals surface area contributed by atoms with Crippen molar-refractivity contribution in [2.24, 2.45) is 4.40 Å². The summed E-state index contributed by atoms with van der Waals surface area (Å²) < 4.78 is 15.4. The molecule has 0 aliphatic rings. The number of rotatable bonds is 2. The highest BCUT2D eigenvalue weighted by atomic mass is 32.2. The van der Waals surface area contributed by atoms with Crippen molar-refractivity contribution in [1.82, 2.24) is 9.97 Å². The van der Waals surface area contributed by atoms with Gasteiger partial charge in [-0.2, -0.15) is 0 Å². The van der Waals surface area contributed by atoms with Crippen LogP contribution in [0.25, 0.3) is 0 Å². The zero-order chi connectivity index (χ0) is 11.5. The summed E-state index contributed by atoms with van der Waals surface area (Å²) >= 11 is -1.26. The van der Waals surface area contributed by atoms with Gasteiger partial charge in [0.15, 0.2) is 5.82 Å². The van der Waals surface area contributed by atoms with Gasteiger partial charge in [0.2, 0.25) is 0 Å². The van der Waals surface area contributed by atoms with Crippen LogP contribution in [0.4, 0.5) is 0 Å². The van der Waals surface area contributed by atoms with Crippen LogP contribution in [0.2, 0.25) is 0 Å². The summed E-state index contributed by atoms with van der Waals surface area (Å²) in [4.78, 5) is 8.07. The summed E-state index contributed by atoms with van der Waals surface area (Å²) in [6.45, 7) is 7.40. The third-order valence-electron chi connectivity index (χ3n) is 1.63. The van der Waals surface area contributed by atoms with Crippen molar-refractivity contribution in [3.8, 4) is 0 Å². The van der Waals surface area contributed by atoms with Gasteiger partial charge in [-0.1, -0.05) is 4.40 Å². The van der Waals surface area contributed by atoms with Crippen LogP contribution in [0.3, 0.4) is 0 Å². The molecule has 1 rings (SSSR count). The van der Waals surface area contributed by atoms with Crippen LogP contribution >= 0.6 is 0 Å². The van der Waals surface area contributed by atoms with Gasteiger partial charge in [0, 0.05) is 12.4 Å². The molecule has 1 heterocycles. The van der Waals surface area contributed by atoms with Crippen molar-refractivity contribution in [3.05, 3.63) is 24.3 Å². The molecule has 82 valence electrons. The minimum absolute atomic E-state index is 0.351. The van der Waals surface area contributed by atoms with E-state index in [9.17, 15) is 4.55 Å². The Bertz CT molecular complexity index is 345. The minimum Gasteiger partial charge on any atom is -0.591 e. The van der Waals surface area contributed by atoms with E-state index >= 15 is 0 Å². The molecule has 0 spiro atoms. The topological polar surface area (TPSA) is 61.2 Å². The second kappa shape index (κ2) is 4.72. The molecule has 1 aromatic rings. The van der Waals surface area contributed by atoms with Crippen LogP contribution < -0.4 is 0 Å². The lowest BCUT2D eigenvalue weighted by atomic mass is 10.3. The van der Waals surface area contributed by atoms with Crippen LogP contribution in [-0.4, -0.2) is 25.0 Å². The first-order chi connectivity index (χ1) is 6.91. The highest BCUT2D eigenvalue weighted by Crippen LogP contribution is 2.17. The van der Waals surface area contributed by atoms with Crippen molar-refractivity contribution in [2.75, 3.05) is 0 Å². The van der Waals surface area contributed by atoms with Crippen molar-refractivity contribution >= 4 is 17.1 Å². The molecule has 0 radical (unpaired) electrons. The molecule has 4 nitrogen and oxygen atoms in total. The van der Waals surface area contributed by atoms with Gasteiger partial charge >= 0.3 is 0 Å². The summed E-state index contributed by atoms with van der Waals surface area (Å²) in [6, 6.07) is 1.73. The third-order valence-corrected chi connectivity index (χ3v) is 3.12. The van der Waals surface area contributed by atoms with Gasteiger partial charge in [0.05, 0.1) is 0 Å². The molecule has 0 saturated carbocycles. The Balaban J connectivity index is 2.86. The van der Waals surface area contributed by atoms with Crippen molar-refractivity contribution in [1.29, 1.82) is 0 Å². The van der Waals surface area contributed by atoms with Gasteiger partial charge in [-0.15, -0.1) is 0 Å². The lowest BCUT2D eigenvalue weighted by Crippen LogP contribution is -2.27. The molecule has 5 heteroatoms. The number of hydrogen-bond donors (Lipinski definition) is 0. The summed E-state index contributed by atoms with van der Waals surface area (Å²) in [6.07, 6.45) is 3.28.